The second-order valence-corrected chi connectivity index (χ2v) is 10.4. The largest absolute Gasteiger partial charge is 0.353 e. The summed E-state index contributed by atoms with van der Waals surface area (Å²) in [5.74, 6) is -0.836. The Bertz CT molecular complexity index is 1390. The number of nitrogens with zero attached hydrogens (tertiary/aromatic N) is 1. The van der Waals surface area contributed by atoms with Crippen molar-refractivity contribution < 1.29 is 9.59 Å². The Morgan fingerprint density at radius 3 is 2.53 bits per heavy atom. The second kappa shape index (κ2) is 11.3. The van der Waals surface area contributed by atoms with Crippen LogP contribution in [0, 0.1) is 25.2 Å². The van der Waals surface area contributed by atoms with Gasteiger partial charge in [0.15, 0.2) is 0 Å². The van der Waals surface area contributed by atoms with Crippen molar-refractivity contribution in [3.63, 3.8) is 0 Å². The van der Waals surface area contributed by atoms with E-state index in [1.54, 1.807) is 0 Å². The first kappa shape index (κ1) is 25.3. The fraction of sp³-hybridized carbons (Fsp3) is 0.179. The van der Waals surface area contributed by atoms with E-state index >= 15 is 0 Å². The van der Waals surface area contributed by atoms with Gasteiger partial charge in [0, 0.05) is 27.5 Å². The molecule has 3 aromatic rings. The summed E-state index contributed by atoms with van der Waals surface area (Å²) in [6.45, 7) is 5.75. The van der Waals surface area contributed by atoms with Crippen molar-refractivity contribution in [3.8, 4) is 6.07 Å². The van der Waals surface area contributed by atoms with Crippen LogP contribution in [0.5, 0.6) is 0 Å². The standard InChI is InChI=1S/C28H26N4O2S2/c1-17-11-12-18(2)22(14-17)32-24(33)16-36-28-21(15-29)26(23-10-7-13-35-23)25(19(3)30-28)27(34)31-20-8-5-4-6-9-20/h4-14,26,30H,16H2,1-3H3,(H,31,34)(H,32,33). The van der Waals surface area contributed by atoms with E-state index in [4.69, 9.17) is 0 Å². The molecule has 1 aliphatic rings. The summed E-state index contributed by atoms with van der Waals surface area (Å²) < 4.78 is 0. The number of anilines is 2. The van der Waals surface area contributed by atoms with Gasteiger partial charge in [0.05, 0.1) is 28.3 Å². The van der Waals surface area contributed by atoms with Gasteiger partial charge < -0.3 is 16.0 Å². The summed E-state index contributed by atoms with van der Waals surface area (Å²) in [6, 6.07) is 21.3. The summed E-state index contributed by atoms with van der Waals surface area (Å²) in [5.41, 5.74) is 5.06. The number of amides is 2. The number of carbonyl (C=O) groups is 2. The van der Waals surface area contributed by atoms with Crippen molar-refractivity contribution in [3.05, 3.63) is 104 Å². The van der Waals surface area contributed by atoms with Crippen molar-refractivity contribution in [1.29, 1.82) is 5.26 Å². The van der Waals surface area contributed by atoms with Crippen LogP contribution in [0.4, 0.5) is 11.4 Å². The topological polar surface area (TPSA) is 94.0 Å². The van der Waals surface area contributed by atoms with Crippen molar-refractivity contribution in [1.82, 2.24) is 5.32 Å². The van der Waals surface area contributed by atoms with Crippen LogP contribution in [0.1, 0.15) is 28.8 Å². The summed E-state index contributed by atoms with van der Waals surface area (Å²) in [5, 5.41) is 21.8. The summed E-state index contributed by atoms with van der Waals surface area (Å²) >= 11 is 2.76. The van der Waals surface area contributed by atoms with Crippen LogP contribution in [0.15, 0.2) is 87.9 Å². The van der Waals surface area contributed by atoms with E-state index in [9.17, 15) is 14.9 Å². The molecule has 6 nitrogen and oxygen atoms in total. The monoisotopic (exact) mass is 514 g/mol. The molecule has 0 saturated heterocycles. The Morgan fingerprint density at radius 1 is 1.06 bits per heavy atom. The lowest BCUT2D eigenvalue weighted by Gasteiger charge is -2.29. The Balaban J connectivity index is 1.58. The molecule has 1 aromatic heterocycles. The van der Waals surface area contributed by atoms with Gasteiger partial charge in [0.2, 0.25) is 5.91 Å². The van der Waals surface area contributed by atoms with Crippen LogP contribution < -0.4 is 16.0 Å². The van der Waals surface area contributed by atoms with Gasteiger partial charge in [-0.3, -0.25) is 9.59 Å². The summed E-state index contributed by atoms with van der Waals surface area (Å²) in [4.78, 5) is 27.0. The zero-order chi connectivity index (χ0) is 25.7. The molecule has 1 atom stereocenters. The minimum Gasteiger partial charge on any atom is -0.353 e. The maximum absolute atomic E-state index is 13.4. The third kappa shape index (κ3) is 5.70. The number of hydrogen-bond donors (Lipinski definition) is 3. The molecule has 0 spiro atoms. The van der Waals surface area contributed by atoms with Crippen LogP contribution in [0.25, 0.3) is 0 Å². The predicted octanol–water partition coefficient (Wildman–Crippen LogP) is 6.07. The van der Waals surface area contributed by atoms with E-state index in [0.29, 0.717) is 27.6 Å². The SMILES string of the molecule is CC1=C(C(=O)Nc2ccccc2)C(c2cccs2)C(C#N)=C(SCC(=O)Nc2cc(C)ccc2C)N1. The maximum atomic E-state index is 13.4. The minimum absolute atomic E-state index is 0.122. The molecule has 4 rings (SSSR count). The quantitative estimate of drug-likeness (QED) is 0.356. The third-order valence-corrected chi connectivity index (χ3v) is 7.72. The molecule has 2 heterocycles. The van der Waals surface area contributed by atoms with E-state index in [0.717, 1.165) is 21.7 Å². The number of nitrogens with one attached hydrogen (secondary N) is 3. The Labute approximate surface area is 219 Å². The number of dihydropyridines is 1. The van der Waals surface area contributed by atoms with Gasteiger partial charge in [-0.1, -0.05) is 48.2 Å². The Morgan fingerprint density at radius 2 is 1.83 bits per heavy atom. The molecule has 0 bridgehead atoms. The highest BCUT2D eigenvalue weighted by atomic mass is 32.2. The second-order valence-electron chi connectivity index (χ2n) is 8.44. The number of thiophene rings is 1. The van der Waals surface area contributed by atoms with Crippen molar-refractivity contribution in [2.75, 3.05) is 16.4 Å². The average molecular weight is 515 g/mol. The summed E-state index contributed by atoms with van der Waals surface area (Å²) in [7, 11) is 0. The number of carbonyl (C=O) groups excluding carboxylic acids is 2. The third-order valence-electron chi connectivity index (χ3n) is 5.77. The predicted molar refractivity (Wildman–Crippen MR) is 148 cm³/mol. The first-order chi connectivity index (χ1) is 17.4. The molecule has 182 valence electrons. The molecular weight excluding hydrogens is 488 g/mol. The normalized spacial score (nSPS) is 15.2. The van der Waals surface area contributed by atoms with Gasteiger partial charge in [0.1, 0.15) is 0 Å². The van der Waals surface area contributed by atoms with Crippen LogP contribution in [-0.4, -0.2) is 17.6 Å². The Hall–Kier alpha value is -3.80. The zero-order valence-electron chi connectivity index (χ0n) is 20.2. The molecule has 0 saturated carbocycles. The molecule has 0 radical (unpaired) electrons. The van der Waals surface area contributed by atoms with Crippen molar-refractivity contribution in [2.24, 2.45) is 0 Å². The smallest absolute Gasteiger partial charge is 0.254 e. The number of nitriles is 1. The van der Waals surface area contributed by atoms with Crippen LogP contribution in [0.2, 0.25) is 0 Å². The Kier molecular flexibility index (Phi) is 7.93. The molecule has 8 heteroatoms. The lowest BCUT2D eigenvalue weighted by atomic mass is 9.86. The van der Waals surface area contributed by atoms with Gasteiger partial charge in [-0.15, -0.1) is 11.3 Å². The van der Waals surface area contributed by atoms with E-state index in [1.165, 1.54) is 23.1 Å². The van der Waals surface area contributed by atoms with Crippen molar-refractivity contribution >= 4 is 46.3 Å². The van der Waals surface area contributed by atoms with Gasteiger partial charge in [-0.2, -0.15) is 5.26 Å². The van der Waals surface area contributed by atoms with E-state index in [-0.39, 0.29) is 17.6 Å². The highest BCUT2D eigenvalue weighted by molar-refractivity contribution is 8.03. The number of aryl methyl sites for hydroxylation is 2. The van der Waals surface area contributed by atoms with E-state index in [1.807, 2.05) is 86.8 Å². The van der Waals surface area contributed by atoms with Gasteiger partial charge in [0.25, 0.3) is 5.91 Å². The fourth-order valence-corrected chi connectivity index (χ4v) is 5.72. The van der Waals surface area contributed by atoms with Crippen LogP contribution in [0.3, 0.4) is 0 Å². The van der Waals surface area contributed by atoms with Crippen LogP contribution in [-0.2, 0) is 9.59 Å². The molecular formula is C28H26N4O2S2. The van der Waals surface area contributed by atoms with E-state index < -0.39 is 5.92 Å². The number of rotatable bonds is 7. The number of para-hydroxylation sites is 1. The lowest BCUT2D eigenvalue weighted by molar-refractivity contribution is -0.114. The first-order valence-corrected chi connectivity index (χ1v) is 13.3. The molecule has 0 fully saturated rings. The molecule has 3 N–H and O–H groups in total. The highest BCUT2D eigenvalue weighted by Gasteiger charge is 2.35. The maximum Gasteiger partial charge on any atom is 0.254 e. The lowest BCUT2D eigenvalue weighted by Crippen LogP contribution is -2.30. The van der Waals surface area contributed by atoms with Gasteiger partial charge in [-0.25, -0.2) is 0 Å². The molecule has 1 aliphatic heterocycles. The molecule has 1 unspecified atom stereocenters. The van der Waals surface area contributed by atoms with E-state index in [2.05, 4.69) is 22.0 Å². The van der Waals surface area contributed by atoms with Gasteiger partial charge in [-0.05, 0) is 61.5 Å². The zero-order valence-corrected chi connectivity index (χ0v) is 21.8. The number of allylic oxidation sites excluding steroid dienone is 2. The van der Waals surface area contributed by atoms with Crippen LogP contribution >= 0.6 is 23.1 Å². The van der Waals surface area contributed by atoms with Crippen molar-refractivity contribution in [2.45, 2.75) is 26.7 Å². The number of hydrogen-bond acceptors (Lipinski definition) is 6. The fourth-order valence-electron chi connectivity index (χ4n) is 3.98. The minimum atomic E-state index is -0.524. The molecule has 0 aliphatic carbocycles. The molecule has 36 heavy (non-hydrogen) atoms. The molecule has 2 amide bonds. The average Bonchev–Trinajstić information content (AvgIpc) is 3.39. The number of thioether (sulfide) groups is 1. The van der Waals surface area contributed by atoms with Gasteiger partial charge >= 0.3 is 0 Å². The highest BCUT2D eigenvalue weighted by Crippen LogP contribution is 2.42. The first-order valence-electron chi connectivity index (χ1n) is 11.4. The molecule has 2 aromatic carbocycles. The number of benzene rings is 2. The summed E-state index contributed by atoms with van der Waals surface area (Å²) in [6.07, 6.45) is 0.